The maximum absolute atomic E-state index is 11.1. The van der Waals surface area contributed by atoms with Crippen LogP contribution in [0.1, 0.15) is 33.6 Å². The van der Waals surface area contributed by atoms with E-state index in [4.69, 9.17) is 0 Å². The molecule has 0 radical (unpaired) electrons. The predicted octanol–water partition coefficient (Wildman–Crippen LogP) is 2.38. The normalized spacial score (nSPS) is 23.2. The summed E-state index contributed by atoms with van der Waals surface area (Å²) in [6.45, 7) is 6.67. The fourth-order valence-electron chi connectivity index (χ4n) is 2.37. The first-order valence-corrected chi connectivity index (χ1v) is 7.20. The number of aliphatic hydroxyl groups excluding tert-OH is 1. The van der Waals surface area contributed by atoms with Crippen LogP contribution in [-0.2, 0) is 0 Å². The highest BCUT2D eigenvalue weighted by atomic mass is 16.6. The Bertz CT molecular complexity index is 533. The van der Waals surface area contributed by atoms with Gasteiger partial charge in [0.05, 0.1) is 11.0 Å². The van der Waals surface area contributed by atoms with Gasteiger partial charge < -0.3 is 15.7 Å². The van der Waals surface area contributed by atoms with Crippen molar-refractivity contribution in [3.8, 4) is 0 Å². The molecule has 1 aliphatic rings. The number of hydrogen-bond acceptors (Lipinski definition) is 6. The van der Waals surface area contributed by atoms with E-state index in [-0.39, 0.29) is 23.0 Å². The molecule has 1 aromatic heterocycles. The number of anilines is 2. The number of aromatic nitrogens is 1. The van der Waals surface area contributed by atoms with Gasteiger partial charge in [-0.25, -0.2) is 4.98 Å². The molecule has 1 aromatic rings. The van der Waals surface area contributed by atoms with Crippen molar-refractivity contribution in [1.29, 1.82) is 0 Å². The van der Waals surface area contributed by atoms with Crippen LogP contribution in [0, 0.1) is 15.5 Å². The first-order valence-electron chi connectivity index (χ1n) is 7.20. The fourth-order valence-corrected chi connectivity index (χ4v) is 2.37. The molecule has 2 atom stereocenters. The van der Waals surface area contributed by atoms with Crippen LogP contribution >= 0.6 is 0 Å². The molecule has 1 fully saturated rings. The number of rotatable bonds is 6. The Balaban J connectivity index is 2.21. The number of nitrogens with zero attached hydrogens (tertiary/aromatic N) is 2. The van der Waals surface area contributed by atoms with E-state index >= 15 is 0 Å². The summed E-state index contributed by atoms with van der Waals surface area (Å²) in [4.78, 5) is 15.0. The molecule has 21 heavy (non-hydrogen) atoms. The highest BCUT2D eigenvalue weighted by molar-refractivity contribution is 5.61. The van der Waals surface area contributed by atoms with Crippen molar-refractivity contribution in [2.75, 3.05) is 17.2 Å². The number of hydrogen-bond donors (Lipinski definition) is 3. The first-order chi connectivity index (χ1) is 9.86. The average Bonchev–Trinajstić information content (AvgIpc) is 2.44. The smallest absolute Gasteiger partial charge is 0.311 e. The van der Waals surface area contributed by atoms with E-state index in [0.717, 1.165) is 13.0 Å². The van der Waals surface area contributed by atoms with Gasteiger partial charge in [0, 0.05) is 24.1 Å². The van der Waals surface area contributed by atoms with Gasteiger partial charge in [0.2, 0.25) is 5.82 Å². The molecular weight excluding hydrogens is 272 g/mol. The second kappa shape index (κ2) is 5.85. The maximum Gasteiger partial charge on any atom is 0.311 e. The molecule has 2 unspecified atom stereocenters. The number of aliphatic hydroxyl groups is 1. The molecule has 0 saturated heterocycles. The third-order valence-electron chi connectivity index (χ3n) is 4.15. The SMILES string of the molecule is CCCNc1ccc([N+](=O)[O-])c(NC2CC(O)C2(C)C)n1. The monoisotopic (exact) mass is 294 g/mol. The van der Waals surface area contributed by atoms with E-state index in [1.807, 2.05) is 20.8 Å². The van der Waals surface area contributed by atoms with Crippen molar-refractivity contribution >= 4 is 17.3 Å². The summed E-state index contributed by atoms with van der Waals surface area (Å²) in [5.41, 5.74) is -0.364. The Morgan fingerprint density at radius 1 is 1.52 bits per heavy atom. The van der Waals surface area contributed by atoms with Crippen LogP contribution in [0.2, 0.25) is 0 Å². The topological polar surface area (TPSA) is 100 Å². The van der Waals surface area contributed by atoms with Gasteiger partial charge in [-0.05, 0) is 18.9 Å². The zero-order chi connectivity index (χ0) is 15.6. The molecule has 0 aromatic carbocycles. The van der Waals surface area contributed by atoms with Crippen LogP contribution in [0.4, 0.5) is 17.3 Å². The van der Waals surface area contributed by atoms with E-state index in [1.165, 1.54) is 6.07 Å². The van der Waals surface area contributed by atoms with Crippen molar-refractivity contribution < 1.29 is 10.0 Å². The fraction of sp³-hybridized carbons (Fsp3) is 0.643. The summed E-state index contributed by atoms with van der Waals surface area (Å²) < 4.78 is 0. The Morgan fingerprint density at radius 2 is 2.24 bits per heavy atom. The molecule has 1 heterocycles. The van der Waals surface area contributed by atoms with Crippen molar-refractivity contribution in [2.45, 2.75) is 45.8 Å². The second-order valence-corrected chi connectivity index (χ2v) is 6.02. The minimum Gasteiger partial charge on any atom is -0.392 e. The van der Waals surface area contributed by atoms with Crippen LogP contribution in [0.5, 0.6) is 0 Å². The molecule has 0 bridgehead atoms. The van der Waals surface area contributed by atoms with Crippen molar-refractivity contribution in [1.82, 2.24) is 4.98 Å². The van der Waals surface area contributed by atoms with Crippen molar-refractivity contribution in [3.05, 3.63) is 22.2 Å². The van der Waals surface area contributed by atoms with Gasteiger partial charge in [-0.2, -0.15) is 0 Å². The highest BCUT2D eigenvalue weighted by Gasteiger charge is 2.48. The molecular formula is C14H22N4O3. The van der Waals surface area contributed by atoms with E-state index in [9.17, 15) is 15.2 Å². The maximum atomic E-state index is 11.1. The van der Waals surface area contributed by atoms with Crippen LogP contribution in [-0.4, -0.2) is 33.7 Å². The molecule has 0 spiro atoms. The van der Waals surface area contributed by atoms with Gasteiger partial charge in [0.1, 0.15) is 5.82 Å². The number of nitrogens with one attached hydrogen (secondary N) is 2. The summed E-state index contributed by atoms with van der Waals surface area (Å²) in [5.74, 6) is 0.869. The molecule has 1 aliphatic carbocycles. The van der Waals surface area contributed by atoms with Crippen LogP contribution < -0.4 is 10.6 Å². The van der Waals surface area contributed by atoms with Gasteiger partial charge in [-0.1, -0.05) is 20.8 Å². The summed E-state index contributed by atoms with van der Waals surface area (Å²) in [6, 6.07) is 3.04. The largest absolute Gasteiger partial charge is 0.392 e. The Morgan fingerprint density at radius 3 is 2.76 bits per heavy atom. The third kappa shape index (κ3) is 3.07. The molecule has 0 aliphatic heterocycles. The quantitative estimate of drug-likeness (QED) is 0.550. The Hall–Kier alpha value is -1.89. The zero-order valence-electron chi connectivity index (χ0n) is 12.6. The molecule has 7 heteroatoms. The number of pyridine rings is 1. The van der Waals surface area contributed by atoms with Crippen LogP contribution in [0.25, 0.3) is 0 Å². The summed E-state index contributed by atoms with van der Waals surface area (Å²) in [5, 5.41) is 27.1. The third-order valence-corrected chi connectivity index (χ3v) is 4.15. The molecule has 7 nitrogen and oxygen atoms in total. The summed E-state index contributed by atoms with van der Waals surface area (Å²) in [6.07, 6.45) is 1.12. The Kier molecular flexibility index (Phi) is 4.32. The molecule has 116 valence electrons. The molecule has 2 rings (SSSR count). The van der Waals surface area contributed by atoms with Gasteiger partial charge in [-0.3, -0.25) is 10.1 Å². The summed E-state index contributed by atoms with van der Waals surface area (Å²) in [7, 11) is 0. The van der Waals surface area contributed by atoms with Gasteiger partial charge in [-0.15, -0.1) is 0 Å². The standard InChI is InChI=1S/C14H22N4O3/c1-4-7-15-12-6-5-9(18(20)21)13(17-12)16-10-8-11(19)14(10,2)3/h5-6,10-11,19H,4,7-8H2,1-3H3,(H2,15,16,17). The van der Waals surface area contributed by atoms with E-state index in [2.05, 4.69) is 15.6 Å². The number of nitro groups is 1. The molecule has 1 saturated carbocycles. The average molecular weight is 294 g/mol. The Labute approximate surface area is 123 Å². The predicted molar refractivity (Wildman–Crippen MR) is 81.5 cm³/mol. The minimum absolute atomic E-state index is 0.0277. The van der Waals surface area contributed by atoms with Crippen molar-refractivity contribution in [3.63, 3.8) is 0 Å². The van der Waals surface area contributed by atoms with Gasteiger partial charge >= 0.3 is 5.69 Å². The minimum atomic E-state index is -0.443. The zero-order valence-corrected chi connectivity index (χ0v) is 12.6. The second-order valence-electron chi connectivity index (χ2n) is 6.02. The van der Waals surface area contributed by atoms with Crippen LogP contribution in [0.3, 0.4) is 0 Å². The first kappa shape index (κ1) is 15.5. The molecule has 3 N–H and O–H groups in total. The van der Waals surface area contributed by atoms with Crippen molar-refractivity contribution in [2.24, 2.45) is 5.41 Å². The van der Waals surface area contributed by atoms with E-state index in [0.29, 0.717) is 12.2 Å². The lowest BCUT2D eigenvalue weighted by molar-refractivity contribution is -0.384. The van der Waals surface area contributed by atoms with E-state index < -0.39 is 11.0 Å². The lowest BCUT2D eigenvalue weighted by Gasteiger charge is -2.49. The molecule has 0 amide bonds. The van der Waals surface area contributed by atoms with E-state index in [1.54, 1.807) is 6.07 Å². The summed E-state index contributed by atoms with van der Waals surface area (Å²) >= 11 is 0. The lowest BCUT2D eigenvalue weighted by Crippen LogP contribution is -2.57. The van der Waals surface area contributed by atoms with Gasteiger partial charge in [0.25, 0.3) is 0 Å². The highest BCUT2D eigenvalue weighted by Crippen LogP contribution is 2.43. The van der Waals surface area contributed by atoms with Gasteiger partial charge in [0.15, 0.2) is 0 Å². The van der Waals surface area contributed by atoms with Crippen LogP contribution in [0.15, 0.2) is 12.1 Å². The lowest BCUT2D eigenvalue weighted by atomic mass is 9.64.